The van der Waals surface area contributed by atoms with Crippen molar-refractivity contribution in [2.45, 2.75) is 33.2 Å². The molecule has 1 aromatic rings. The highest BCUT2D eigenvalue weighted by atomic mass is 16.5. The van der Waals surface area contributed by atoms with Crippen molar-refractivity contribution in [2.24, 2.45) is 5.92 Å². The summed E-state index contributed by atoms with van der Waals surface area (Å²) in [5.74, 6) is 1.73. The number of hydrogen-bond donors (Lipinski definition) is 1. The van der Waals surface area contributed by atoms with Crippen molar-refractivity contribution in [1.82, 2.24) is 10.2 Å². The lowest BCUT2D eigenvalue weighted by Crippen LogP contribution is -2.30. The van der Waals surface area contributed by atoms with Crippen molar-refractivity contribution in [3.63, 3.8) is 0 Å². The lowest BCUT2D eigenvalue weighted by molar-refractivity contribution is 0.214. The molecule has 0 saturated carbocycles. The fourth-order valence-corrected chi connectivity index (χ4v) is 2.70. The molecule has 3 nitrogen and oxygen atoms in total. The molecule has 0 amide bonds. The molecule has 0 atom stereocenters. The Morgan fingerprint density at radius 3 is 2.65 bits per heavy atom. The van der Waals surface area contributed by atoms with Crippen molar-refractivity contribution in [3.8, 4) is 5.75 Å². The molecule has 1 fully saturated rings. The zero-order valence-electron chi connectivity index (χ0n) is 12.9. The monoisotopic (exact) mass is 276 g/mol. The normalized spacial score (nSPS) is 16.6. The number of hydrogen-bond acceptors (Lipinski definition) is 3. The molecule has 0 bridgehead atoms. The number of nitrogens with one attached hydrogen (secondary N) is 1. The summed E-state index contributed by atoms with van der Waals surface area (Å²) in [6.07, 6.45) is 2.47. The van der Waals surface area contributed by atoms with E-state index in [0.29, 0.717) is 5.92 Å². The first-order valence-electron chi connectivity index (χ1n) is 7.96. The van der Waals surface area contributed by atoms with Crippen LogP contribution in [0.25, 0.3) is 0 Å². The minimum atomic E-state index is 0.711. The van der Waals surface area contributed by atoms with Gasteiger partial charge in [0.05, 0.1) is 6.61 Å². The molecule has 1 saturated heterocycles. The van der Waals surface area contributed by atoms with Gasteiger partial charge in [0.1, 0.15) is 5.75 Å². The third kappa shape index (κ3) is 4.80. The number of rotatable bonds is 7. The molecule has 0 aromatic heterocycles. The SMILES string of the molecule is CCN(CC)Cc1cccc(OCC2CCNCC2)c1. The second-order valence-electron chi connectivity index (χ2n) is 5.61. The third-order valence-corrected chi connectivity index (χ3v) is 4.14. The lowest BCUT2D eigenvalue weighted by Gasteiger charge is -2.23. The zero-order valence-corrected chi connectivity index (χ0v) is 12.9. The summed E-state index contributed by atoms with van der Waals surface area (Å²) in [6, 6.07) is 8.57. The summed E-state index contributed by atoms with van der Waals surface area (Å²) < 4.78 is 5.99. The molecule has 20 heavy (non-hydrogen) atoms. The number of piperidine rings is 1. The molecule has 1 aliphatic rings. The summed E-state index contributed by atoms with van der Waals surface area (Å²) in [7, 11) is 0. The van der Waals surface area contributed by atoms with E-state index in [-0.39, 0.29) is 0 Å². The third-order valence-electron chi connectivity index (χ3n) is 4.14. The van der Waals surface area contributed by atoms with Crippen LogP contribution < -0.4 is 10.1 Å². The molecule has 1 aromatic carbocycles. The fraction of sp³-hybridized carbons (Fsp3) is 0.647. The fourth-order valence-electron chi connectivity index (χ4n) is 2.70. The molecule has 1 heterocycles. The number of ether oxygens (including phenoxy) is 1. The van der Waals surface area contributed by atoms with Gasteiger partial charge in [0.15, 0.2) is 0 Å². The maximum absolute atomic E-state index is 5.99. The number of benzene rings is 1. The van der Waals surface area contributed by atoms with E-state index in [9.17, 15) is 0 Å². The van der Waals surface area contributed by atoms with E-state index in [1.165, 1.54) is 18.4 Å². The van der Waals surface area contributed by atoms with Gasteiger partial charge in [0.25, 0.3) is 0 Å². The van der Waals surface area contributed by atoms with Gasteiger partial charge in [-0.05, 0) is 62.6 Å². The lowest BCUT2D eigenvalue weighted by atomic mass is 9.99. The predicted octanol–water partition coefficient (Wildman–Crippen LogP) is 2.91. The Morgan fingerprint density at radius 1 is 1.20 bits per heavy atom. The summed E-state index contributed by atoms with van der Waals surface area (Å²) in [4.78, 5) is 2.42. The van der Waals surface area contributed by atoms with Crippen molar-refractivity contribution in [2.75, 3.05) is 32.8 Å². The summed E-state index contributed by atoms with van der Waals surface area (Å²) in [6.45, 7) is 10.7. The minimum absolute atomic E-state index is 0.711. The van der Waals surface area contributed by atoms with Crippen molar-refractivity contribution in [3.05, 3.63) is 29.8 Å². The first kappa shape index (κ1) is 15.3. The highest BCUT2D eigenvalue weighted by molar-refractivity contribution is 5.28. The average Bonchev–Trinajstić information content (AvgIpc) is 2.52. The smallest absolute Gasteiger partial charge is 0.119 e. The average molecular weight is 276 g/mol. The second kappa shape index (κ2) is 8.28. The van der Waals surface area contributed by atoms with Gasteiger partial charge in [0, 0.05) is 6.54 Å². The van der Waals surface area contributed by atoms with Gasteiger partial charge in [-0.2, -0.15) is 0 Å². The topological polar surface area (TPSA) is 24.5 Å². The quantitative estimate of drug-likeness (QED) is 0.829. The van der Waals surface area contributed by atoms with Crippen LogP contribution in [0.1, 0.15) is 32.3 Å². The van der Waals surface area contributed by atoms with Gasteiger partial charge < -0.3 is 10.1 Å². The molecule has 0 radical (unpaired) electrons. The van der Waals surface area contributed by atoms with E-state index >= 15 is 0 Å². The van der Waals surface area contributed by atoms with E-state index in [1.807, 2.05) is 0 Å². The van der Waals surface area contributed by atoms with Crippen molar-refractivity contribution >= 4 is 0 Å². The molecule has 0 unspecified atom stereocenters. The van der Waals surface area contributed by atoms with E-state index in [4.69, 9.17) is 4.74 Å². The van der Waals surface area contributed by atoms with Crippen LogP contribution in [0.15, 0.2) is 24.3 Å². The molecule has 112 valence electrons. The van der Waals surface area contributed by atoms with Crippen molar-refractivity contribution in [1.29, 1.82) is 0 Å². The molecular weight excluding hydrogens is 248 g/mol. The summed E-state index contributed by atoms with van der Waals surface area (Å²) in [5.41, 5.74) is 1.34. The van der Waals surface area contributed by atoms with E-state index in [2.05, 4.69) is 48.3 Å². The maximum Gasteiger partial charge on any atom is 0.119 e. The van der Waals surface area contributed by atoms with Crippen LogP contribution >= 0.6 is 0 Å². The van der Waals surface area contributed by atoms with Gasteiger partial charge in [0.2, 0.25) is 0 Å². The maximum atomic E-state index is 5.99. The van der Waals surface area contributed by atoms with Gasteiger partial charge >= 0.3 is 0 Å². The molecule has 0 aliphatic carbocycles. The standard InChI is InChI=1S/C17H28N2O/c1-3-19(4-2)13-16-6-5-7-17(12-16)20-14-15-8-10-18-11-9-15/h5-7,12,15,18H,3-4,8-11,13-14H2,1-2H3. The number of nitrogens with zero attached hydrogens (tertiary/aromatic N) is 1. The largest absolute Gasteiger partial charge is 0.493 e. The van der Waals surface area contributed by atoms with Crippen LogP contribution in [0, 0.1) is 5.92 Å². The van der Waals surface area contributed by atoms with E-state index in [0.717, 1.165) is 45.1 Å². The van der Waals surface area contributed by atoms with Crippen LogP contribution in [0.4, 0.5) is 0 Å². The van der Waals surface area contributed by atoms with Crippen LogP contribution in [-0.4, -0.2) is 37.7 Å². The van der Waals surface area contributed by atoms with Crippen LogP contribution in [0.2, 0.25) is 0 Å². The van der Waals surface area contributed by atoms with Crippen LogP contribution in [-0.2, 0) is 6.54 Å². The molecule has 3 heteroatoms. The Kier molecular flexibility index (Phi) is 6.34. The molecule has 2 rings (SSSR count). The van der Waals surface area contributed by atoms with Gasteiger partial charge in [-0.25, -0.2) is 0 Å². The Labute approximate surface area is 123 Å². The summed E-state index contributed by atoms with van der Waals surface area (Å²) >= 11 is 0. The Morgan fingerprint density at radius 2 is 1.95 bits per heavy atom. The Balaban J connectivity index is 1.85. The summed E-state index contributed by atoms with van der Waals surface area (Å²) in [5, 5.41) is 3.40. The first-order chi connectivity index (χ1) is 9.81. The van der Waals surface area contributed by atoms with Crippen LogP contribution in [0.3, 0.4) is 0 Å². The highest BCUT2D eigenvalue weighted by Gasteiger charge is 2.13. The highest BCUT2D eigenvalue weighted by Crippen LogP contribution is 2.18. The van der Waals surface area contributed by atoms with E-state index < -0.39 is 0 Å². The Bertz CT molecular complexity index is 384. The zero-order chi connectivity index (χ0) is 14.2. The predicted molar refractivity (Wildman–Crippen MR) is 84.2 cm³/mol. The minimum Gasteiger partial charge on any atom is -0.493 e. The first-order valence-corrected chi connectivity index (χ1v) is 7.96. The van der Waals surface area contributed by atoms with Crippen molar-refractivity contribution < 1.29 is 4.74 Å². The van der Waals surface area contributed by atoms with Gasteiger partial charge in [-0.15, -0.1) is 0 Å². The second-order valence-corrected chi connectivity index (χ2v) is 5.61. The van der Waals surface area contributed by atoms with Gasteiger partial charge in [-0.1, -0.05) is 26.0 Å². The van der Waals surface area contributed by atoms with Crippen LogP contribution in [0.5, 0.6) is 5.75 Å². The van der Waals surface area contributed by atoms with Gasteiger partial charge in [-0.3, -0.25) is 4.90 Å². The molecule has 0 spiro atoms. The molecular formula is C17H28N2O. The molecule has 1 N–H and O–H groups in total. The Hall–Kier alpha value is -1.06. The molecule has 1 aliphatic heterocycles. The van der Waals surface area contributed by atoms with E-state index in [1.54, 1.807) is 0 Å².